The van der Waals surface area contributed by atoms with Crippen LogP contribution in [0.1, 0.15) is 18.4 Å². The van der Waals surface area contributed by atoms with E-state index < -0.39 is 0 Å². The second-order valence-electron chi connectivity index (χ2n) is 8.00. The van der Waals surface area contributed by atoms with Crippen LogP contribution in [0, 0.1) is 17.8 Å². The molecule has 0 radical (unpaired) electrons. The van der Waals surface area contributed by atoms with Gasteiger partial charge in [0.05, 0.1) is 12.4 Å². The van der Waals surface area contributed by atoms with Crippen LogP contribution in [-0.4, -0.2) is 42.7 Å². The fraction of sp³-hybridized carbons (Fsp3) is 0.476. The minimum Gasteiger partial charge on any atom is -0.393 e. The van der Waals surface area contributed by atoms with Gasteiger partial charge in [0.2, 0.25) is 0 Å². The molecular formula is C21H24ClN5O. The summed E-state index contributed by atoms with van der Waals surface area (Å²) >= 11 is 6.49. The Morgan fingerprint density at radius 1 is 1.11 bits per heavy atom. The van der Waals surface area contributed by atoms with Crippen molar-refractivity contribution in [1.82, 2.24) is 19.5 Å². The Morgan fingerprint density at radius 3 is 2.75 bits per heavy atom. The molecular weight excluding hydrogens is 374 g/mol. The first kappa shape index (κ1) is 17.9. The lowest BCUT2D eigenvalue weighted by Crippen LogP contribution is -2.21. The number of benzene rings is 1. The maximum absolute atomic E-state index is 10.3. The first-order valence-corrected chi connectivity index (χ1v) is 10.4. The zero-order chi connectivity index (χ0) is 19.1. The Bertz CT molecular complexity index is 946. The summed E-state index contributed by atoms with van der Waals surface area (Å²) in [6, 6.07) is 10.4. The summed E-state index contributed by atoms with van der Waals surface area (Å²) in [5.41, 5.74) is 2.92. The van der Waals surface area contributed by atoms with E-state index in [1.165, 1.54) is 5.56 Å². The van der Waals surface area contributed by atoms with E-state index in [0.717, 1.165) is 49.3 Å². The van der Waals surface area contributed by atoms with Crippen LogP contribution in [0.3, 0.4) is 0 Å². The molecule has 2 saturated carbocycles. The Kier molecular flexibility index (Phi) is 4.69. The molecule has 2 aromatic heterocycles. The van der Waals surface area contributed by atoms with Crippen LogP contribution in [0.25, 0.3) is 11.2 Å². The molecule has 2 aliphatic rings. The van der Waals surface area contributed by atoms with Gasteiger partial charge in [-0.05, 0) is 42.6 Å². The summed E-state index contributed by atoms with van der Waals surface area (Å²) in [6.45, 7) is 1.59. The number of aromatic nitrogens is 4. The average molecular weight is 398 g/mol. The maximum atomic E-state index is 10.3. The van der Waals surface area contributed by atoms with Crippen molar-refractivity contribution in [1.29, 1.82) is 0 Å². The Hall–Kier alpha value is -2.18. The second-order valence-corrected chi connectivity index (χ2v) is 8.56. The summed E-state index contributed by atoms with van der Waals surface area (Å²) in [5, 5.41) is 13.8. The molecule has 6 nitrogen and oxygen atoms in total. The van der Waals surface area contributed by atoms with Gasteiger partial charge in [-0.1, -0.05) is 30.3 Å². The van der Waals surface area contributed by atoms with Gasteiger partial charge in [0.25, 0.3) is 0 Å². The van der Waals surface area contributed by atoms with Gasteiger partial charge in [-0.3, -0.25) is 0 Å². The highest BCUT2D eigenvalue weighted by Crippen LogP contribution is 2.52. The Balaban J connectivity index is 1.32. The summed E-state index contributed by atoms with van der Waals surface area (Å²) in [4.78, 5) is 13.4. The van der Waals surface area contributed by atoms with E-state index in [4.69, 9.17) is 11.6 Å². The molecule has 2 aliphatic carbocycles. The van der Waals surface area contributed by atoms with Crippen molar-refractivity contribution < 1.29 is 5.11 Å². The third-order valence-electron chi connectivity index (χ3n) is 6.43. The van der Waals surface area contributed by atoms with Gasteiger partial charge in [0.15, 0.2) is 11.5 Å². The van der Waals surface area contributed by atoms with E-state index in [1.807, 2.05) is 12.4 Å². The zero-order valence-electron chi connectivity index (χ0n) is 15.6. The van der Waals surface area contributed by atoms with Crippen LogP contribution in [-0.2, 0) is 13.0 Å². The van der Waals surface area contributed by atoms with E-state index in [-0.39, 0.29) is 17.4 Å². The van der Waals surface area contributed by atoms with Crippen LogP contribution >= 0.6 is 11.6 Å². The van der Waals surface area contributed by atoms with Crippen LogP contribution in [0.2, 0.25) is 0 Å². The molecule has 2 bridgehead atoms. The lowest BCUT2D eigenvalue weighted by atomic mass is 9.97. The van der Waals surface area contributed by atoms with Crippen molar-refractivity contribution >= 4 is 28.6 Å². The molecule has 2 heterocycles. The second kappa shape index (κ2) is 7.33. The Labute approximate surface area is 169 Å². The molecule has 146 valence electrons. The molecule has 5 atom stereocenters. The molecule has 0 spiro atoms. The minimum absolute atomic E-state index is 0.179. The zero-order valence-corrected chi connectivity index (χ0v) is 16.3. The van der Waals surface area contributed by atoms with Crippen molar-refractivity contribution in [2.45, 2.75) is 37.3 Å². The molecule has 0 amide bonds. The quantitative estimate of drug-likeness (QED) is 0.625. The van der Waals surface area contributed by atoms with E-state index in [9.17, 15) is 5.11 Å². The van der Waals surface area contributed by atoms with E-state index >= 15 is 0 Å². The van der Waals surface area contributed by atoms with Gasteiger partial charge in [-0.25, -0.2) is 15.0 Å². The first-order chi connectivity index (χ1) is 13.7. The third kappa shape index (κ3) is 3.14. The third-order valence-corrected chi connectivity index (χ3v) is 6.93. The highest BCUT2D eigenvalue weighted by Gasteiger charge is 2.52. The molecule has 0 saturated heterocycles. The van der Waals surface area contributed by atoms with Crippen LogP contribution < -0.4 is 5.32 Å². The highest BCUT2D eigenvalue weighted by atomic mass is 35.5. The SMILES string of the molecule is OC1C[C@H]2[C@H](Cn3cnc4c(NCCc5ccccc5)ncnc43)[C@@H]1C[C@@H]2Cl. The number of halogens is 1. The van der Waals surface area contributed by atoms with Crippen molar-refractivity contribution in [3.8, 4) is 0 Å². The van der Waals surface area contributed by atoms with Gasteiger partial charge in [0, 0.05) is 18.5 Å². The number of aliphatic hydroxyl groups excluding tert-OH is 1. The molecule has 0 aliphatic heterocycles. The molecule has 1 unspecified atom stereocenters. The number of hydrogen-bond donors (Lipinski definition) is 2. The lowest BCUT2D eigenvalue weighted by Gasteiger charge is -2.19. The monoisotopic (exact) mass is 397 g/mol. The molecule has 28 heavy (non-hydrogen) atoms. The number of alkyl halides is 1. The minimum atomic E-state index is -0.218. The average Bonchev–Trinajstić information content (AvgIpc) is 3.35. The lowest BCUT2D eigenvalue weighted by molar-refractivity contribution is 0.106. The van der Waals surface area contributed by atoms with Gasteiger partial charge in [-0.15, -0.1) is 11.6 Å². The molecule has 2 N–H and O–H groups in total. The maximum Gasteiger partial charge on any atom is 0.165 e. The fourth-order valence-electron chi connectivity index (χ4n) is 5.03. The normalized spacial score (nSPS) is 28.9. The number of aliphatic hydroxyl groups is 1. The van der Waals surface area contributed by atoms with Gasteiger partial charge < -0.3 is 15.0 Å². The first-order valence-electron chi connectivity index (χ1n) is 9.96. The number of anilines is 1. The number of nitrogens with one attached hydrogen (secondary N) is 1. The van der Waals surface area contributed by atoms with E-state index in [2.05, 4.69) is 49.1 Å². The summed E-state index contributed by atoms with van der Waals surface area (Å²) in [7, 11) is 0. The predicted molar refractivity (Wildman–Crippen MR) is 109 cm³/mol. The number of fused-ring (bicyclic) bond motifs is 3. The van der Waals surface area contributed by atoms with Crippen molar-refractivity contribution in [2.24, 2.45) is 17.8 Å². The van der Waals surface area contributed by atoms with Crippen LogP contribution in [0.4, 0.5) is 5.82 Å². The van der Waals surface area contributed by atoms with Crippen molar-refractivity contribution in [2.75, 3.05) is 11.9 Å². The van der Waals surface area contributed by atoms with Gasteiger partial charge in [0.1, 0.15) is 11.8 Å². The van der Waals surface area contributed by atoms with Crippen molar-refractivity contribution in [3.63, 3.8) is 0 Å². The largest absolute Gasteiger partial charge is 0.393 e. The fourth-order valence-corrected chi connectivity index (χ4v) is 5.52. The Morgan fingerprint density at radius 2 is 1.96 bits per heavy atom. The van der Waals surface area contributed by atoms with Crippen molar-refractivity contribution in [3.05, 3.63) is 48.5 Å². The predicted octanol–water partition coefficient (Wildman–Crippen LogP) is 3.11. The molecule has 5 rings (SSSR count). The number of imidazole rings is 1. The van der Waals surface area contributed by atoms with Crippen LogP contribution in [0.15, 0.2) is 43.0 Å². The van der Waals surface area contributed by atoms with Gasteiger partial charge >= 0.3 is 0 Å². The standard InChI is InChI=1S/C21H24ClN5O/c22-17-8-15-16(14(17)9-18(15)28)10-27-12-26-19-20(24-11-25-21(19)27)23-7-6-13-4-2-1-3-5-13/h1-5,11-12,14-18,28H,6-10H2,(H,23,24,25)/t14-,15-,16-,17-,18?/m0/s1. The molecule has 2 fully saturated rings. The summed E-state index contributed by atoms with van der Waals surface area (Å²) in [5.74, 6) is 1.82. The number of hydrogen-bond acceptors (Lipinski definition) is 5. The smallest absolute Gasteiger partial charge is 0.165 e. The summed E-state index contributed by atoms with van der Waals surface area (Å²) in [6.07, 6.45) is 5.87. The number of nitrogens with zero attached hydrogens (tertiary/aromatic N) is 4. The molecule has 3 aromatic rings. The molecule has 7 heteroatoms. The highest BCUT2D eigenvalue weighted by molar-refractivity contribution is 6.21. The van der Waals surface area contributed by atoms with Gasteiger partial charge in [-0.2, -0.15) is 0 Å². The van der Waals surface area contributed by atoms with E-state index in [1.54, 1.807) is 6.33 Å². The number of rotatable bonds is 6. The van der Waals surface area contributed by atoms with Crippen LogP contribution in [0.5, 0.6) is 0 Å². The molecule has 1 aromatic carbocycles. The topological polar surface area (TPSA) is 75.9 Å². The van der Waals surface area contributed by atoms with E-state index in [0.29, 0.717) is 11.8 Å². The summed E-state index contributed by atoms with van der Waals surface area (Å²) < 4.78 is 2.09.